The summed E-state index contributed by atoms with van der Waals surface area (Å²) in [5, 5.41) is -0.902. The summed E-state index contributed by atoms with van der Waals surface area (Å²) >= 11 is 0. The number of hydrogen-bond donors (Lipinski definition) is 0. The molecule has 0 unspecified atom stereocenters. The molecule has 0 heterocycles. The summed E-state index contributed by atoms with van der Waals surface area (Å²) < 4.78 is 0. The minimum atomic E-state index is -0.902. The highest BCUT2D eigenvalue weighted by molar-refractivity contribution is 6.29. The second-order valence-corrected chi connectivity index (χ2v) is 4.99. The first-order valence-electron chi connectivity index (χ1n) is 4.40. The van der Waals surface area contributed by atoms with Gasteiger partial charge >= 0.3 is 0 Å². The topological polar surface area (TPSA) is 34.1 Å². The van der Waals surface area contributed by atoms with E-state index < -0.39 is 10.7 Å². The minimum absolute atomic E-state index is 0.0592. The highest BCUT2D eigenvalue weighted by Crippen LogP contribution is 2.25. The molecular formula is C10H17BO2. The third-order valence-corrected chi connectivity index (χ3v) is 1.88. The van der Waals surface area contributed by atoms with Gasteiger partial charge in [-0.05, 0) is 5.31 Å². The molecule has 0 bridgehead atoms. The van der Waals surface area contributed by atoms with Gasteiger partial charge in [-0.25, -0.2) is 0 Å². The molecule has 2 radical (unpaired) electrons. The van der Waals surface area contributed by atoms with Crippen LogP contribution < -0.4 is 0 Å². The molecule has 0 aliphatic heterocycles. The highest BCUT2D eigenvalue weighted by Gasteiger charge is 2.28. The van der Waals surface area contributed by atoms with E-state index in [4.69, 9.17) is 7.85 Å². The quantitative estimate of drug-likeness (QED) is 0.491. The van der Waals surface area contributed by atoms with Crippen molar-refractivity contribution in [3.8, 4) is 0 Å². The maximum Gasteiger partial charge on any atom is 0.145 e. The minimum Gasteiger partial charge on any atom is -0.299 e. The maximum absolute atomic E-state index is 11.4. The van der Waals surface area contributed by atoms with E-state index in [1.54, 1.807) is 34.6 Å². The van der Waals surface area contributed by atoms with E-state index in [0.717, 1.165) is 0 Å². The van der Waals surface area contributed by atoms with Crippen molar-refractivity contribution in [1.82, 2.24) is 0 Å². The van der Waals surface area contributed by atoms with Crippen molar-refractivity contribution < 1.29 is 9.59 Å². The Balaban J connectivity index is 4.34. The van der Waals surface area contributed by atoms with Gasteiger partial charge in [0, 0.05) is 5.41 Å². The van der Waals surface area contributed by atoms with Crippen LogP contribution >= 0.6 is 0 Å². The lowest BCUT2D eigenvalue weighted by atomic mass is 9.67. The molecule has 0 saturated heterocycles. The Morgan fingerprint density at radius 2 is 1.38 bits per heavy atom. The van der Waals surface area contributed by atoms with Gasteiger partial charge in [-0.3, -0.25) is 9.59 Å². The maximum atomic E-state index is 11.4. The lowest BCUT2D eigenvalue weighted by molar-refractivity contribution is -0.132. The molecule has 13 heavy (non-hydrogen) atoms. The van der Waals surface area contributed by atoms with E-state index in [9.17, 15) is 9.59 Å². The van der Waals surface area contributed by atoms with Crippen molar-refractivity contribution in [1.29, 1.82) is 0 Å². The van der Waals surface area contributed by atoms with Gasteiger partial charge < -0.3 is 0 Å². The Kier molecular flexibility index (Phi) is 3.48. The molecule has 3 heteroatoms. The smallest absolute Gasteiger partial charge is 0.145 e. The number of rotatable bonds is 3. The van der Waals surface area contributed by atoms with Gasteiger partial charge in [0.25, 0.3) is 0 Å². The van der Waals surface area contributed by atoms with Gasteiger partial charge in [0.05, 0.1) is 14.3 Å². The second kappa shape index (κ2) is 3.65. The van der Waals surface area contributed by atoms with Crippen LogP contribution in [0.25, 0.3) is 0 Å². The predicted molar refractivity (Wildman–Crippen MR) is 53.9 cm³/mol. The largest absolute Gasteiger partial charge is 0.299 e. The fourth-order valence-corrected chi connectivity index (χ4v) is 0.639. The summed E-state index contributed by atoms with van der Waals surface area (Å²) in [5.41, 5.74) is -0.457. The number of ketones is 2. The lowest BCUT2D eigenvalue weighted by Crippen LogP contribution is -2.27. The first kappa shape index (κ1) is 12.4. The summed E-state index contributed by atoms with van der Waals surface area (Å²) in [6.45, 7) is 8.63. The number of Topliss-reactive ketones (excluding diaryl/α,β-unsaturated/α-hetero) is 2. The molecule has 0 rings (SSSR count). The van der Waals surface area contributed by atoms with Crippen LogP contribution in [0.15, 0.2) is 0 Å². The molecule has 0 spiro atoms. The zero-order valence-corrected chi connectivity index (χ0v) is 9.10. The Morgan fingerprint density at radius 3 is 1.62 bits per heavy atom. The summed E-state index contributed by atoms with van der Waals surface area (Å²) in [7, 11) is 5.57. The fraction of sp³-hybridized carbons (Fsp3) is 0.800. The van der Waals surface area contributed by atoms with Gasteiger partial charge in [-0.15, -0.1) is 0 Å². The molecule has 0 N–H and O–H groups in total. The first-order valence-corrected chi connectivity index (χ1v) is 4.40. The van der Waals surface area contributed by atoms with Crippen molar-refractivity contribution >= 4 is 19.4 Å². The monoisotopic (exact) mass is 180 g/mol. The molecule has 0 aliphatic carbocycles. The Hall–Kier alpha value is -0.595. The number of carbonyl (C=O) groups is 2. The normalized spacial score (nSPS) is 12.7. The molecule has 2 nitrogen and oxygen atoms in total. The zero-order valence-electron chi connectivity index (χ0n) is 9.10. The van der Waals surface area contributed by atoms with Crippen molar-refractivity contribution in [2.75, 3.05) is 0 Å². The van der Waals surface area contributed by atoms with E-state index in [-0.39, 0.29) is 18.0 Å². The van der Waals surface area contributed by atoms with Gasteiger partial charge in [-0.1, -0.05) is 34.6 Å². The van der Waals surface area contributed by atoms with Crippen LogP contribution in [0.1, 0.15) is 41.0 Å². The Morgan fingerprint density at radius 1 is 1.00 bits per heavy atom. The predicted octanol–water partition coefficient (Wildman–Crippen LogP) is 1.93. The van der Waals surface area contributed by atoms with E-state index in [2.05, 4.69) is 0 Å². The van der Waals surface area contributed by atoms with Crippen LogP contribution in [0.3, 0.4) is 0 Å². The summed E-state index contributed by atoms with van der Waals surface area (Å²) in [6.07, 6.45) is -0.0625. The zero-order chi connectivity index (χ0) is 10.9. The lowest BCUT2D eigenvalue weighted by Gasteiger charge is -2.21. The Bertz CT molecular complexity index is 194. The van der Waals surface area contributed by atoms with Gasteiger partial charge in [-0.2, -0.15) is 0 Å². The third kappa shape index (κ3) is 4.25. The molecule has 0 atom stereocenters. The SMILES string of the molecule is [B]C(C)(C)C(=O)CC(=O)C(C)(C)C. The molecule has 0 aromatic rings. The molecule has 0 aromatic heterocycles. The fourth-order valence-electron chi connectivity index (χ4n) is 0.639. The van der Waals surface area contributed by atoms with E-state index in [1.807, 2.05) is 0 Å². The van der Waals surface area contributed by atoms with Gasteiger partial charge in [0.2, 0.25) is 0 Å². The van der Waals surface area contributed by atoms with Crippen LogP contribution in [0, 0.1) is 5.41 Å². The third-order valence-electron chi connectivity index (χ3n) is 1.88. The second-order valence-electron chi connectivity index (χ2n) is 4.99. The van der Waals surface area contributed by atoms with Crippen LogP contribution in [-0.4, -0.2) is 19.4 Å². The Labute approximate surface area is 81.5 Å². The van der Waals surface area contributed by atoms with E-state index in [0.29, 0.717) is 0 Å². The standard InChI is InChI=1S/C10H17BO2/c1-9(2,3)7(12)6-8(13)10(4,5)11/h6H2,1-5H3. The van der Waals surface area contributed by atoms with Crippen molar-refractivity contribution in [3.05, 3.63) is 0 Å². The van der Waals surface area contributed by atoms with Crippen molar-refractivity contribution in [2.24, 2.45) is 5.41 Å². The average molecular weight is 180 g/mol. The van der Waals surface area contributed by atoms with Crippen LogP contribution in [0.5, 0.6) is 0 Å². The molecule has 0 aromatic carbocycles. The summed E-state index contributed by atoms with van der Waals surface area (Å²) in [6, 6.07) is 0. The molecule has 72 valence electrons. The van der Waals surface area contributed by atoms with Crippen LogP contribution in [0.4, 0.5) is 0 Å². The van der Waals surface area contributed by atoms with Gasteiger partial charge in [0.1, 0.15) is 11.6 Å². The van der Waals surface area contributed by atoms with Crippen molar-refractivity contribution in [2.45, 2.75) is 46.4 Å². The summed E-state index contributed by atoms with van der Waals surface area (Å²) in [5.74, 6) is -0.261. The van der Waals surface area contributed by atoms with Crippen LogP contribution in [0.2, 0.25) is 5.31 Å². The summed E-state index contributed by atoms with van der Waals surface area (Å²) in [4.78, 5) is 22.8. The molecule has 0 fully saturated rings. The first-order chi connectivity index (χ1) is 5.55. The molecular weight excluding hydrogens is 163 g/mol. The van der Waals surface area contributed by atoms with E-state index in [1.165, 1.54) is 0 Å². The highest BCUT2D eigenvalue weighted by atomic mass is 16.1. The number of carbonyl (C=O) groups excluding carboxylic acids is 2. The average Bonchev–Trinajstić information content (AvgIpc) is 1.82. The van der Waals surface area contributed by atoms with E-state index >= 15 is 0 Å². The van der Waals surface area contributed by atoms with Crippen molar-refractivity contribution in [3.63, 3.8) is 0 Å². The number of hydrogen-bond acceptors (Lipinski definition) is 2. The van der Waals surface area contributed by atoms with Gasteiger partial charge in [0.15, 0.2) is 0 Å². The molecule has 0 amide bonds. The molecule has 0 aliphatic rings. The van der Waals surface area contributed by atoms with Crippen LogP contribution in [-0.2, 0) is 9.59 Å². The molecule has 0 saturated carbocycles.